The van der Waals surface area contributed by atoms with Gasteiger partial charge in [0, 0.05) is 17.9 Å². The normalized spacial score (nSPS) is 10.7. The van der Waals surface area contributed by atoms with Crippen LogP contribution in [0.2, 0.25) is 0 Å². The highest BCUT2D eigenvalue weighted by molar-refractivity contribution is 7.13. The van der Waals surface area contributed by atoms with Crippen LogP contribution in [0.5, 0.6) is 5.75 Å². The molecule has 0 bridgehead atoms. The predicted octanol–water partition coefficient (Wildman–Crippen LogP) is 3.83. The van der Waals surface area contributed by atoms with E-state index in [-0.39, 0.29) is 34.9 Å². The highest BCUT2D eigenvalue weighted by Crippen LogP contribution is 2.30. The second kappa shape index (κ2) is 6.98. The third kappa shape index (κ3) is 3.51. The molecule has 3 aromatic rings. The van der Waals surface area contributed by atoms with Gasteiger partial charge in [0.25, 0.3) is 5.91 Å². The Bertz CT molecular complexity index is 968. The van der Waals surface area contributed by atoms with Gasteiger partial charge in [-0.25, -0.2) is 4.39 Å². The van der Waals surface area contributed by atoms with E-state index < -0.39 is 11.7 Å². The fourth-order valence-electron chi connectivity index (χ4n) is 2.50. The van der Waals surface area contributed by atoms with Crippen LogP contribution in [0.15, 0.2) is 36.4 Å². The highest BCUT2D eigenvalue weighted by Gasteiger charge is 2.18. The van der Waals surface area contributed by atoms with E-state index in [0.717, 1.165) is 16.2 Å². The fourth-order valence-corrected chi connectivity index (χ4v) is 3.27. The minimum absolute atomic E-state index is 0.0346. The summed E-state index contributed by atoms with van der Waals surface area (Å²) < 4.78 is 24.5. The van der Waals surface area contributed by atoms with Crippen molar-refractivity contribution in [2.75, 3.05) is 12.4 Å². The molecule has 0 saturated carbocycles. The van der Waals surface area contributed by atoms with E-state index in [9.17, 15) is 14.0 Å². The third-order valence-electron chi connectivity index (χ3n) is 3.65. The van der Waals surface area contributed by atoms with Crippen molar-refractivity contribution in [1.29, 1.82) is 0 Å². The third-order valence-corrected chi connectivity index (χ3v) is 4.48. The fraction of sp³-hybridized carbons (Fsp3) is 0.167. The van der Waals surface area contributed by atoms with Gasteiger partial charge in [0.15, 0.2) is 0 Å². The summed E-state index contributed by atoms with van der Waals surface area (Å²) in [6.45, 7) is 1.38. The first kappa shape index (κ1) is 17.0. The molecule has 25 heavy (non-hydrogen) atoms. The lowest BCUT2D eigenvalue weighted by Gasteiger charge is -2.12. The highest BCUT2D eigenvalue weighted by atomic mass is 32.1. The van der Waals surface area contributed by atoms with Gasteiger partial charge in [-0.3, -0.25) is 9.59 Å². The molecule has 128 valence electrons. The molecule has 0 spiro atoms. The smallest absolute Gasteiger partial charge is 0.276 e. The zero-order valence-electron chi connectivity index (χ0n) is 13.6. The topological polar surface area (TPSA) is 68.3 Å². The largest absolute Gasteiger partial charge is 0.495 e. The van der Waals surface area contributed by atoms with Gasteiger partial charge in [0.1, 0.15) is 23.0 Å². The number of carbonyl (C=O) groups excluding carboxylic acids is 2. The zero-order chi connectivity index (χ0) is 18.0. The van der Waals surface area contributed by atoms with Gasteiger partial charge in [0.05, 0.1) is 17.5 Å². The summed E-state index contributed by atoms with van der Waals surface area (Å²) in [5.74, 6) is -0.902. The average molecular weight is 358 g/mol. The number of hydrogen-bond acceptors (Lipinski definition) is 5. The molecule has 1 aromatic heterocycles. The van der Waals surface area contributed by atoms with Crippen LogP contribution in [-0.2, 0) is 11.2 Å². The van der Waals surface area contributed by atoms with Crippen molar-refractivity contribution in [3.05, 3.63) is 53.5 Å². The van der Waals surface area contributed by atoms with Crippen molar-refractivity contribution in [3.63, 3.8) is 0 Å². The molecule has 0 radical (unpaired) electrons. The molecular weight excluding hydrogens is 343 g/mol. The number of hydrogen-bond donors (Lipinski definition) is 1. The summed E-state index contributed by atoms with van der Waals surface area (Å²) in [4.78, 5) is 23.8. The molecule has 1 N–H and O–H groups in total. The van der Waals surface area contributed by atoms with Gasteiger partial charge in [0.2, 0.25) is 0 Å². The Morgan fingerprint density at radius 1 is 1.28 bits per heavy atom. The number of Topliss-reactive ketones (excluding diaryl/α,β-unsaturated/α-hetero) is 1. The Balaban J connectivity index is 1.93. The lowest BCUT2D eigenvalue weighted by molar-refractivity contribution is -0.116. The maximum Gasteiger partial charge on any atom is 0.276 e. The molecule has 1 heterocycles. The first-order valence-corrected chi connectivity index (χ1v) is 8.28. The number of ether oxygens (including phenoxy) is 1. The molecule has 0 aliphatic heterocycles. The second-order valence-electron chi connectivity index (χ2n) is 5.50. The molecule has 0 fully saturated rings. The lowest BCUT2D eigenvalue weighted by atomic mass is 10.1. The maximum atomic E-state index is 14.2. The van der Waals surface area contributed by atoms with E-state index >= 15 is 0 Å². The monoisotopic (exact) mass is 358 g/mol. The van der Waals surface area contributed by atoms with Crippen molar-refractivity contribution in [2.45, 2.75) is 13.3 Å². The van der Waals surface area contributed by atoms with Gasteiger partial charge in [-0.05, 0) is 36.2 Å². The molecule has 1 amide bonds. The molecule has 0 saturated heterocycles. The first-order chi connectivity index (χ1) is 12.0. The Hall–Kier alpha value is -2.80. The molecule has 0 aliphatic carbocycles. The quantitative estimate of drug-likeness (QED) is 0.753. The van der Waals surface area contributed by atoms with Gasteiger partial charge >= 0.3 is 0 Å². The van der Waals surface area contributed by atoms with E-state index in [1.54, 1.807) is 0 Å². The maximum absolute atomic E-state index is 14.2. The number of rotatable bonds is 5. The van der Waals surface area contributed by atoms with Crippen LogP contribution in [0.25, 0.3) is 10.1 Å². The Morgan fingerprint density at radius 2 is 2.04 bits per heavy atom. The van der Waals surface area contributed by atoms with Crippen molar-refractivity contribution >= 4 is 39.0 Å². The number of nitrogens with zero attached hydrogens (tertiary/aromatic N) is 1. The van der Waals surface area contributed by atoms with E-state index in [1.165, 1.54) is 31.6 Å². The SMILES string of the molecule is COc1cc(CC(C)=O)c(F)cc1NC(=O)c1nsc2ccccc12. The summed E-state index contributed by atoms with van der Waals surface area (Å²) in [6.07, 6.45) is -0.0346. The number of fused-ring (bicyclic) bond motifs is 1. The molecule has 2 aromatic carbocycles. The molecular formula is C18H15FN2O3S. The van der Waals surface area contributed by atoms with Crippen LogP contribution in [-0.4, -0.2) is 23.2 Å². The summed E-state index contributed by atoms with van der Waals surface area (Å²) in [5, 5.41) is 3.37. The number of aromatic nitrogens is 1. The average Bonchev–Trinajstić information content (AvgIpc) is 3.01. The van der Waals surface area contributed by atoms with Gasteiger partial charge in [-0.2, -0.15) is 4.37 Å². The van der Waals surface area contributed by atoms with Crippen molar-refractivity contribution < 1.29 is 18.7 Å². The number of ketones is 1. The number of anilines is 1. The summed E-state index contributed by atoms with van der Waals surface area (Å²) in [5.41, 5.74) is 0.687. The van der Waals surface area contributed by atoms with Crippen LogP contribution in [0.3, 0.4) is 0 Å². The van der Waals surface area contributed by atoms with Crippen LogP contribution in [0.4, 0.5) is 10.1 Å². The summed E-state index contributed by atoms with van der Waals surface area (Å²) >= 11 is 1.22. The first-order valence-electron chi connectivity index (χ1n) is 7.51. The second-order valence-corrected chi connectivity index (χ2v) is 6.31. The number of benzene rings is 2. The standard InChI is InChI=1S/C18H15FN2O3S/c1-10(22)7-11-8-15(24-2)14(9-13(11)19)20-18(23)17-12-5-3-4-6-16(12)25-21-17/h3-6,8-9H,7H2,1-2H3,(H,20,23). The molecule has 5 nitrogen and oxygen atoms in total. The van der Waals surface area contributed by atoms with Gasteiger partial charge in [-0.1, -0.05) is 18.2 Å². The van der Waals surface area contributed by atoms with Crippen LogP contribution in [0, 0.1) is 5.82 Å². The Labute approximate surface area is 147 Å². The van der Waals surface area contributed by atoms with Crippen LogP contribution in [0.1, 0.15) is 23.0 Å². The van der Waals surface area contributed by atoms with Crippen LogP contribution >= 0.6 is 11.5 Å². The lowest BCUT2D eigenvalue weighted by Crippen LogP contribution is -2.14. The Kier molecular flexibility index (Phi) is 4.76. The van der Waals surface area contributed by atoms with Crippen molar-refractivity contribution in [1.82, 2.24) is 4.37 Å². The number of nitrogens with one attached hydrogen (secondary N) is 1. The van der Waals surface area contributed by atoms with E-state index in [0.29, 0.717) is 0 Å². The molecule has 0 atom stereocenters. The van der Waals surface area contributed by atoms with Crippen LogP contribution < -0.4 is 10.1 Å². The van der Waals surface area contributed by atoms with Gasteiger partial charge in [-0.15, -0.1) is 0 Å². The number of methoxy groups -OCH3 is 1. The zero-order valence-corrected chi connectivity index (χ0v) is 14.4. The van der Waals surface area contributed by atoms with E-state index in [2.05, 4.69) is 9.69 Å². The number of halogens is 1. The molecule has 0 unspecified atom stereocenters. The molecule has 0 aliphatic rings. The molecule has 3 rings (SSSR count). The van der Waals surface area contributed by atoms with Crippen molar-refractivity contribution in [3.8, 4) is 5.75 Å². The minimum atomic E-state index is -0.575. The minimum Gasteiger partial charge on any atom is -0.495 e. The molecule has 7 heteroatoms. The summed E-state index contributed by atoms with van der Waals surface area (Å²) in [7, 11) is 1.42. The Morgan fingerprint density at radius 3 is 2.76 bits per heavy atom. The predicted molar refractivity (Wildman–Crippen MR) is 94.9 cm³/mol. The van der Waals surface area contributed by atoms with Crippen molar-refractivity contribution in [2.24, 2.45) is 0 Å². The number of carbonyl (C=O) groups is 2. The van der Waals surface area contributed by atoms with Gasteiger partial charge < -0.3 is 10.1 Å². The van der Waals surface area contributed by atoms with E-state index in [1.807, 2.05) is 24.3 Å². The number of amides is 1. The van der Waals surface area contributed by atoms with E-state index in [4.69, 9.17) is 4.74 Å². The summed E-state index contributed by atoms with van der Waals surface area (Å²) in [6, 6.07) is 9.95.